The van der Waals surface area contributed by atoms with E-state index in [1.807, 2.05) is 12.1 Å². The van der Waals surface area contributed by atoms with Gasteiger partial charge in [0.1, 0.15) is 5.69 Å². The largest absolute Gasteiger partial charge is 0.364 e. The number of nitrogens with zero attached hydrogens (tertiary/aromatic N) is 1. The van der Waals surface area contributed by atoms with Crippen LogP contribution in [0.15, 0.2) is 18.3 Å². The highest BCUT2D eigenvalue weighted by Crippen LogP contribution is 2.34. The van der Waals surface area contributed by atoms with Crippen LogP contribution in [0.4, 0.5) is 0 Å². The summed E-state index contributed by atoms with van der Waals surface area (Å²) in [6.45, 7) is 0. The topological polar surface area (TPSA) is 56.0 Å². The monoisotopic (exact) mass is 190 g/mol. The summed E-state index contributed by atoms with van der Waals surface area (Å²) in [5.74, 6) is 0.0821. The molecule has 14 heavy (non-hydrogen) atoms. The summed E-state index contributed by atoms with van der Waals surface area (Å²) in [6.07, 6.45) is 6.44. The van der Waals surface area contributed by atoms with Gasteiger partial charge in [-0.05, 0) is 30.4 Å². The Bertz CT molecular complexity index is 343. The van der Waals surface area contributed by atoms with Gasteiger partial charge >= 0.3 is 0 Å². The van der Waals surface area contributed by atoms with E-state index in [0.717, 1.165) is 18.4 Å². The number of primary amides is 1. The molecule has 0 aromatic carbocycles. The fourth-order valence-corrected chi connectivity index (χ4v) is 2.19. The molecule has 3 heteroatoms. The zero-order valence-electron chi connectivity index (χ0n) is 8.07. The Morgan fingerprint density at radius 2 is 2.14 bits per heavy atom. The van der Waals surface area contributed by atoms with Crippen molar-refractivity contribution in [3.05, 3.63) is 29.6 Å². The zero-order valence-corrected chi connectivity index (χ0v) is 8.07. The summed E-state index contributed by atoms with van der Waals surface area (Å²) in [4.78, 5) is 15.2. The van der Waals surface area contributed by atoms with Crippen molar-refractivity contribution in [1.82, 2.24) is 4.98 Å². The molecule has 1 aliphatic rings. The quantitative estimate of drug-likeness (QED) is 0.773. The molecule has 0 radical (unpaired) electrons. The summed E-state index contributed by atoms with van der Waals surface area (Å²) in [5, 5.41) is 0. The molecule has 0 atom stereocenters. The smallest absolute Gasteiger partial charge is 0.267 e. The van der Waals surface area contributed by atoms with Gasteiger partial charge in [0.05, 0.1) is 0 Å². The van der Waals surface area contributed by atoms with Gasteiger partial charge in [-0.25, -0.2) is 0 Å². The van der Waals surface area contributed by atoms with Gasteiger partial charge in [-0.1, -0.05) is 18.9 Å². The molecular weight excluding hydrogens is 176 g/mol. The van der Waals surface area contributed by atoms with Crippen molar-refractivity contribution < 1.29 is 4.79 Å². The number of amides is 1. The molecule has 1 aromatic rings. The lowest BCUT2D eigenvalue weighted by Gasteiger charge is -2.11. The second kappa shape index (κ2) is 3.78. The number of aromatic nitrogens is 1. The van der Waals surface area contributed by atoms with Gasteiger partial charge in [0.25, 0.3) is 5.91 Å². The standard InChI is InChI=1S/C11H14N2O/c12-11(14)10-9(6-3-7-13-10)8-4-1-2-5-8/h3,6-8H,1-2,4-5H2,(H2,12,14). The number of carbonyl (C=O) groups is 1. The van der Waals surface area contributed by atoms with Crippen molar-refractivity contribution in [2.75, 3.05) is 0 Å². The summed E-state index contributed by atoms with van der Waals surface area (Å²) in [6, 6.07) is 3.85. The molecule has 3 nitrogen and oxygen atoms in total. The van der Waals surface area contributed by atoms with E-state index in [4.69, 9.17) is 5.73 Å². The molecule has 0 aliphatic heterocycles. The predicted octanol–water partition coefficient (Wildman–Crippen LogP) is 1.84. The Hall–Kier alpha value is -1.38. The number of hydrogen-bond donors (Lipinski definition) is 1. The second-order valence-corrected chi connectivity index (χ2v) is 3.79. The van der Waals surface area contributed by atoms with Crippen LogP contribution in [0.1, 0.15) is 47.7 Å². The normalized spacial score (nSPS) is 17.1. The maximum absolute atomic E-state index is 11.1. The second-order valence-electron chi connectivity index (χ2n) is 3.79. The van der Waals surface area contributed by atoms with E-state index in [0.29, 0.717) is 11.6 Å². The van der Waals surface area contributed by atoms with Crippen molar-refractivity contribution in [2.45, 2.75) is 31.6 Å². The van der Waals surface area contributed by atoms with Gasteiger partial charge in [-0.15, -0.1) is 0 Å². The van der Waals surface area contributed by atoms with Gasteiger partial charge in [0, 0.05) is 6.20 Å². The van der Waals surface area contributed by atoms with E-state index in [-0.39, 0.29) is 0 Å². The average Bonchev–Trinajstić information content (AvgIpc) is 2.70. The average molecular weight is 190 g/mol. The number of pyridine rings is 1. The molecule has 1 fully saturated rings. The van der Waals surface area contributed by atoms with E-state index < -0.39 is 5.91 Å². The van der Waals surface area contributed by atoms with Gasteiger partial charge in [0.2, 0.25) is 0 Å². The third kappa shape index (κ3) is 1.62. The minimum Gasteiger partial charge on any atom is -0.364 e. The van der Waals surface area contributed by atoms with Crippen LogP contribution in [0.3, 0.4) is 0 Å². The van der Waals surface area contributed by atoms with Crippen LogP contribution >= 0.6 is 0 Å². The van der Waals surface area contributed by atoms with Crippen LogP contribution in [0.2, 0.25) is 0 Å². The highest BCUT2D eigenvalue weighted by Gasteiger charge is 2.21. The third-order valence-electron chi connectivity index (χ3n) is 2.87. The number of rotatable bonds is 2. The molecule has 0 unspecified atom stereocenters. The number of carbonyl (C=O) groups excluding carboxylic acids is 1. The first-order chi connectivity index (χ1) is 6.79. The molecule has 0 spiro atoms. The lowest BCUT2D eigenvalue weighted by atomic mass is 9.96. The first-order valence-corrected chi connectivity index (χ1v) is 5.04. The maximum atomic E-state index is 11.1. The molecule has 74 valence electrons. The van der Waals surface area contributed by atoms with E-state index in [2.05, 4.69) is 4.98 Å². The molecule has 1 heterocycles. The van der Waals surface area contributed by atoms with E-state index in [1.165, 1.54) is 12.8 Å². The molecule has 1 aliphatic carbocycles. The molecule has 0 bridgehead atoms. The first kappa shape index (κ1) is 9.19. The Balaban J connectivity index is 2.35. The molecule has 1 saturated carbocycles. The van der Waals surface area contributed by atoms with Crippen LogP contribution in [0, 0.1) is 0 Å². The fourth-order valence-electron chi connectivity index (χ4n) is 2.19. The van der Waals surface area contributed by atoms with Crippen LogP contribution in [-0.4, -0.2) is 10.9 Å². The Kier molecular flexibility index (Phi) is 2.48. The van der Waals surface area contributed by atoms with Crippen LogP contribution < -0.4 is 5.73 Å². The van der Waals surface area contributed by atoms with Gasteiger partial charge in [-0.3, -0.25) is 9.78 Å². The third-order valence-corrected chi connectivity index (χ3v) is 2.87. The van der Waals surface area contributed by atoms with Crippen molar-refractivity contribution in [1.29, 1.82) is 0 Å². The fraction of sp³-hybridized carbons (Fsp3) is 0.455. The Morgan fingerprint density at radius 1 is 1.43 bits per heavy atom. The summed E-state index contributed by atoms with van der Waals surface area (Å²) >= 11 is 0. The molecular formula is C11H14N2O. The van der Waals surface area contributed by atoms with E-state index >= 15 is 0 Å². The highest BCUT2D eigenvalue weighted by atomic mass is 16.1. The summed E-state index contributed by atoms with van der Waals surface area (Å²) in [7, 11) is 0. The minimum atomic E-state index is -0.410. The highest BCUT2D eigenvalue weighted by molar-refractivity contribution is 5.92. The molecule has 2 N–H and O–H groups in total. The van der Waals surface area contributed by atoms with E-state index in [9.17, 15) is 4.79 Å². The van der Waals surface area contributed by atoms with Crippen molar-refractivity contribution in [3.8, 4) is 0 Å². The lowest BCUT2D eigenvalue weighted by molar-refractivity contribution is 0.0994. The van der Waals surface area contributed by atoms with Crippen LogP contribution in [0.5, 0.6) is 0 Å². The Labute approximate surface area is 83.3 Å². The summed E-state index contributed by atoms with van der Waals surface area (Å²) < 4.78 is 0. The number of hydrogen-bond acceptors (Lipinski definition) is 2. The van der Waals surface area contributed by atoms with Crippen molar-refractivity contribution in [2.24, 2.45) is 5.73 Å². The molecule has 1 aromatic heterocycles. The lowest BCUT2D eigenvalue weighted by Crippen LogP contribution is -2.16. The van der Waals surface area contributed by atoms with Gasteiger partial charge in [-0.2, -0.15) is 0 Å². The SMILES string of the molecule is NC(=O)c1ncccc1C1CCCC1. The van der Waals surface area contributed by atoms with Gasteiger partial charge in [0.15, 0.2) is 0 Å². The first-order valence-electron chi connectivity index (χ1n) is 5.04. The van der Waals surface area contributed by atoms with Crippen molar-refractivity contribution in [3.63, 3.8) is 0 Å². The predicted molar refractivity (Wildman–Crippen MR) is 54.0 cm³/mol. The van der Waals surface area contributed by atoms with Gasteiger partial charge < -0.3 is 5.73 Å². The van der Waals surface area contributed by atoms with E-state index in [1.54, 1.807) is 6.20 Å². The molecule has 1 amide bonds. The summed E-state index contributed by atoms with van der Waals surface area (Å²) in [5.41, 5.74) is 6.78. The molecule has 0 saturated heterocycles. The van der Waals surface area contributed by atoms with Crippen LogP contribution in [0.25, 0.3) is 0 Å². The zero-order chi connectivity index (χ0) is 9.97. The van der Waals surface area contributed by atoms with Crippen LogP contribution in [-0.2, 0) is 0 Å². The Morgan fingerprint density at radius 3 is 2.79 bits per heavy atom. The maximum Gasteiger partial charge on any atom is 0.267 e. The molecule has 2 rings (SSSR count). The van der Waals surface area contributed by atoms with Crippen molar-refractivity contribution >= 4 is 5.91 Å². The minimum absolute atomic E-state index is 0.410. The number of nitrogens with two attached hydrogens (primary N) is 1.